The number of aliphatic hydroxyl groups is 1. The lowest BCUT2D eigenvalue weighted by atomic mass is 10.2. The maximum atomic E-state index is 11.5. The molecule has 21 heavy (non-hydrogen) atoms. The van der Waals surface area contributed by atoms with Crippen molar-refractivity contribution in [2.75, 3.05) is 13.2 Å². The van der Waals surface area contributed by atoms with Gasteiger partial charge in [0.25, 0.3) is 0 Å². The van der Waals surface area contributed by atoms with E-state index in [0.29, 0.717) is 5.56 Å². The Morgan fingerprint density at radius 2 is 2.00 bits per heavy atom. The molecule has 1 aromatic rings. The number of aromatic hydroxyl groups is 2. The molecule has 7 heteroatoms. The first-order valence-electron chi connectivity index (χ1n) is 6.07. The third-order valence-corrected chi connectivity index (χ3v) is 2.37. The van der Waals surface area contributed by atoms with Crippen molar-refractivity contribution in [2.24, 2.45) is 0 Å². The SMILES string of the molecule is CC(=O)OCC(CO)OC(=O)/C=C/c1ccc(O)c(O)c1. The van der Waals surface area contributed by atoms with Crippen LogP contribution in [-0.2, 0) is 19.1 Å². The van der Waals surface area contributed by atoms with Crippen LogP contribution in [0.5, 0.6) is 11.5 Å². The van der Waals surface area contributed by atoms with Crippen molar-refractivity contribution in [1.82, 2.24) is 0 Å². The zero-order chi connectivity index (χ0) is 15.8. The number of esters is 2. The van der Waals surface area contributed by atoms with E-state index in [1.807, 2.05) is 0 Å². The Balaban J connectivity index is 2.56. The molecule has 0 saturated heterocycles. The van der Waals surface area contributed by atoms with E-state index in [9.17, 15) is 14.7 Å². The van der Waals surface area contributed by atoms with E-state index in [4.69, 9.17) is 14.9 Å². The summed E-state index contributed by atoms with van der Waals surface area (Å²) in [6.45, 7) is 0.492. The molecule has 0 aromatic heterocycles. The van der Waals surface area contributed by atoms with Crippen molar-refractivity contribution in [3.63, 3.8) is 0 Å². The fraction of sp³-hybridized carbons (Fsp3) is 0.286. The van der Waals surface area contributed by atoms with Crippen LogP contribution in [0.3, 0.4) is 0 Å². The van der Waals surface area contributed by atoms with E-state index in [1.165, 1.54) is 31.2 Å². The molecule has 114 valence electrons. The molecular weight excluding hydrogens is 280 g/mol. The van der Waals surface area contributed by atoms with Gasteiger partial charge in [-0.2, -0.15) is 0 Å². The summed E-state index contributed by atoms with van der Waals surface area (Å²) in [7, 11) is 0. The predicted octanol–water partition coefficient (Wildman–Crippen LogP) is 0.578. The van der Waals surface area contributed by atoms with Gasteiger partial charge in [-0.1, -0.05) is 6.07 Å². The minimum Gasteiger partial charge on any atom is -0.504 e. The highest BCUT2D eigenvalue weighted by Gasteiger charge is 2.13. The van der Waals surface area contributed by atoms with Gasteiger partial charge in [-0.3, -0.25) is 4.79 Å². The average Bonchev–Trinajstić information content (AvgIpc) is 2.44. The van der Waals surface area contributed by atoms with Crippen LogP contribution in [0.4, 0.5) is 0 Å². The van der Waals surface area contributed by atoms with Gasteiger partial charge in [-0.15, -0.1) is 0 Å². The summed E-state index contributed by atoms with van der Waals surface area (Å²) in [6, 6.07) is 4.03. The number of aliphatic hydroxyl groups excluding tert-OH is 1. The highest BCUT2D eigenvalue weighted by atomic mass is 16.6. The van der Waals surface area contributed by atoms with Crippen LogP contribution in [0.1, 0.15) is 12.5 Å². The molecule has 1 aromatic carbocycles. The second-order valence-electron chi connectivity index (χ2n) is 4.13. The fourth-order valence-corrected chi connectivity index (χ4v) is 1.35. The molecule has 0 heterocycles. The fourth-order valence-electron chi connectivity index (χ4n) is 1.35. The Kier molecular flexibility index (Phi) is 6.22. The first kappa shape index (κ1) is 16.5. The summed E-state index contributed by atoms with van der Waals surface area (Å²) in [5, 5.41) is 27.4. The third-order valence-electron chi connectivity index (χ3n) is 2.37. The molecule has 0 saturated carbocycles. The number of hydrogen-bond acceptors (Lipinski definition) is 7. The molecule has 0 aliphatic rings. The van der Waals surface area contributed by atoms with Gasteiger partial charge >= 0.3 is 11.9 Å². The molecule has 0 bridgehead atoms. The summed E-state index contributed by atoms with van der Waals surface area (Å²) in [4.78, 5) is 22.1. The van der Waals surface area contributed by atoms with Crippen molar-refractivity contribution in [1.29, 1.82) is 0 Å². The summed E-state index contributed by atoms with van der Waals surface area (Å²) in [6.07, 6.45) is 1.50. The summed E-state index contributed by atoms with van der Waals surface area (Å²) in [5.41, 5.74) is 0.475. The van der Waals surface area contributed by atoms with Gasteiger partial charge in [-0.25, -0.2) is 4.79 Å². The summed E-state index contributed by atoms with van der Waals surface area (Å²) >= 11 is 0. The third kappa shape index (κ3) is 5.96. The Morgan fingerprint density at radius 1 is 1.29 bits per heavy atom. The first-order valence-corrected chi connectivity index (χ1v) is 6.07. The van der Waals surface area contributed by atoms with Gasteiger partial charge in [0.1, 0.15) is 6.61 Å². The molecule has 0 spiro atoms. The van der Waals surface area contributed by atoms with Gasteiger partial charge in [0.05, 0.1) is 6.61 Å². The van der Waals surface area contributed by atoms with E-state index >= 15 is 0 Å². The second kappa shape index (κ2) is 7.91. The predicted molar refractivity (Wildman–Crippen MR) is 72.4 cm³/mol. The Bertz CT molecular complexity index is 536. The van der Waals surface area contributed by atoms with Gasteiger partial charge in [0.15, 0.2) is 17.6 Å². The molecule has 7 nitrogen and oxygen atoms in total. The van der Waals surface area contributed by atoms with Crippen LogP contribution in [0.15, 0.2) is 24.3 Å². The molecule has 1 unspecified atom stereocenters. The van der Waals surface area contributed by atoms with Crippen molar-refractivity contribution in [2.45, 2.75) is 13.0 Å². The molecule has 0 aliphatic carbocycles. The van der Waals surface area contributed by atoms with Crippen molar-refractivity contribution in [3.05, 3.63) is 29.8 Å². The number of ether oxygens (including phenoxy) is 2. The lowest BCUT2D eigenvalue weighted by Crippen LogP contribution is -2.27. The first-order chi connectivity index (χ1) is 9.92. The average molecular weight is 296 g/mol. The monoisotopic (exact) mass is 296 g/mol. The Morgan fingerprint density at radius 3 is 2.57 bits per heavy atom. The standard InChI is InChI=1S/C14H16O7/c1-9(16)20-8-11(7-15)21-14(19)5-3-10-2-4-12(17)13(18)6-10/h2-6,11,15,17-18H,7-8H2,1H3/b5-3+. The quantitative estimate of drug-likeness (QED) is 0.399. The van der Waals surface area contributed by atoms with Crippen LogP contribution in [-0.4, -0.2) is 46.6 Å². The molecule has 0 radical (unpaired) electrons. The molecule has 0 aliphatic heterocycles. The number of carbonyl (C=O) groups excluding carboxylic acids is 2. The van der Waals surface area contributed by atoms with Gasteiger partial charge in [0, 0.05) is 13.0 Å². The minimum atomic E-state index is -0.945. The molecular formula is C14H16O7. The molecule has 1 rings (SSSR count). The van der Waals surface area contributed by atoms with Gasteiger partial charge < -0.3 is 24.8 Å². The Hall–Kier alpha value is -2.54. The molecule has 3 N–H and O–H groups in total. The smallest absolute Gasteiger partial charge is 0.331 e. The van der Waals surface area contributed by atoms with E-state index in [-0.39, 0.29) is 18.1 Å². The van der Waals surface area contributed by atoms with Gasteiger partial charge in [-0.05, 0) is 23.8 Å². The van der Waals surface area contributed by atoms with Crippen LogP contribution < -0.4 is 0 Å². The van der Waals surface area contributed by atoms with E-state index in [2.05, 4.69) is 4.74 Å². The number of phenolic OH excluding ortho intramolecular Hbond substituents is 2. The lowest BCUT2D eigenvalue weighted by Gasteiger charge is -2.13. The van der Waals surface area contributed by atoms with E-state index in [1.54, 1.807) is 0 Å². The van der Waals surface area contributed by atoms with Crippen molar-refractivity contribution >= 4 is 18.0 Å². The largest absolute Gasteiger partial charge is 0.504 e. The summed E-state index contributed by atoms with van der Waals surface area (Å²) < 4.78 is 9.49. The lowest BCUT2D eigenvalue weighted by molar-refractivity contribution is -0.156. The number of phenols is 2. The summed E-state index contributed by atoms with van der Waals surface area (Å²) in [5.74, 6) is -1.86. The highest BCUT2D eigenvalue weighted by Crippen LogP contribution is 2.25. The zero-order valence-corrected chi connectivity index (χ0v) is 11.4. The van der Waals surface area contributed by atoms with E-state index < -0.39 is 24.6 Å². The number of rotatable bonds is 6. The normalized spacial score (nSPS) is 12.1. The second-order valence-corrected chi connectivity index (χ2v) is 4.13. The Labute approximate surface area is 121 Å². The van der Waals surface area contributed by atoms with Crippen LogP contribution in [0.25, 0.3) is 6.08 Å². The molecule has 1 atom stereocenters. The topological polar surface area (TPSA) is 113 Å². The number of benzene rings is 1. The van der Waals surface area contributed by atoms with Gasteiger partial charge in [0.2, 0.25) is 0 Å². The maximum absolute atomic E-state index is 11.5. The minimum absolute atomic E-state index is 0.231. The maximum Gasteiger partial charge on any atom is 0.331 e. The molecule has 0 amide bonds. The number of carbonyl (C=O) groups is 2. The van der Waals surface area contributed by atoms with Crippen LogP contribution >= 0.6 is 0 Å². The highest BCUT2D eigenvalue weighted by molar-refractivity contribution is 5.87. The van der Waals surface area contributed by atoms with Crippen molar-refractivity contribution in [3.8, 4) is 11.5 Å². The zero-order valence-electron chi connectivity index (χ0n) is 11.4. The van der Waals surface area contributed by atoms with Crippen molar-refractivity contribution < 1.29 is 34.4 Å². The molecule has 0 fully saturated rings. The van der Waals surface area contributed by atoms with E-state index in [0.717, 1.165) is 6.08 Å². The number of hydrogen-bond donors (Lipinski definition) is 3. The van der Waals surface area contributed by atoms with Crippen LogP contribution in [0, 0.1) is 0 Å². The van der Waals surface area contributed by atoms with Crippen LogP contribution in [0.2, 0.25) is 0 Å².